The molecule has 146 valence electrons. The van der Waals surface area contributed by atoms with Gasteiger partial charge in [0.1, 0.15) is 5.69 Å². The van der Waals surface area contributed by atoms with Gasteiger partial charge in [-0.15, -0.1) is 10.2 Å². The SMILES string of the molecule is N=C(N=NN)c1ccc2c(c1)c1ccccc1n2Cc1ccc(-c2csnn2)cc1. The van der Waals surface area contributed by atoms with Crippen LogP contribution in [0.4, 0.5) is 0 Å². The normalized spacial score (nSPS) is 11.6. The topological polar surface area (TPSA) is 105 Å². The molecule has 0 aliphatic carbocycles. The van der Waals surface area contributed by atoms with Crippen molar-refractivity contribution in [2.75, 3.05) is 0 Å². The minimum absolute atomic E-state index is 0.0448. The van der Waals surface area contributed by atoms with Crippen LogP contribution in [0.2, 0.25) is 0 Å². The summed E-state index contributed by atoms with van der Waals surface area (Å²) in [6.45, 7) is 0.735. The molecule has 0 bridgehead atoms. The fourth-order valence-electron chi connectivity index (χ4n) is 3.74. The van der Waals surface area contributed by atoms with Crippen LogP contribution in [-0.2, 0) is 6.54 Å². The molecule has 2 aromatic heterocycles. The van der Waals surface area contributed by atoms with E-state index in [-0.39, 0.29) is 5.84 Å². The average molecular weight is 411 g/mol. The van der Waals surface area contributed by atoms with Crippen molar-refractivity contribution in [1.82, 2.24) is 14.2 Å². The van der Waals surface area contributed by atoms with E-state index in [0.717, 1.165) is 39.6 Å². The van der Waals surface area contributed by atoms with Gasteiger partial charge in [0.15, 0.2) is 5.84 Å². The summed E-state index contributed by atoms with van der Waals surface area (Å²) in [5, 5.41) is 23.2. The third-order valence-electron chi connectivity index (χ3n) is 5.15. The second-order valence-electron chi connectivity index (χ2n) is 6.89. The molecule has 5 rings (SSSR count). The molecule has 7 nitrogen and oxygen atoms in total. The lowest BCUT2D eigenvalue weighted by Gasteiger charge is -2.09. The quantitative estimate of drug-likeness (QED) is 0.143. The maximum atomic E-state index is 8.02. The first-order chi connectivity index (χ1) is 14.7. The number of hydrogen-bond donors (Lipinski definition) is 2. The van der Waals surface area contributed by atoms with Crippen LogP contribution in [0.5, 0.6) is 0 Å². The Morgan fingerprint density at radius 3 is 2.57 bits per heavy atom. The summed E-state index contributed by atoms with van der Waals surface area (Å²) in [5.41, 5.74) is 6.08. The lowest BCUT2D eigenvalue weighted by molar-refractivity contribution is 0.869. The van der Waals surface area contributed by atoms with E-state index in [9.17, 15) is 0 Å². The Bertz CT molecular complexity index is 1380. The lowest BCUT2D eigenvalue weighted by atomic mass is 10.1. The van der Waals surface area contributed by atoms with Gasteiger partial charge in [0.05, 0.1) is 0 Å². The summed E-state index contributed by atoms with van der Waals surface area (Å²) in [5.74, 6) is 5.15. The van der Waals surface area contributed by atoms with Crippen LogP contribution in [0.15, 0.2) is 82.4 Å². The first-order valence-electron chi connectivity index (χ1n) is 9.32. The van der Waals surface area contributed by atoms with Crippen LogP contribution < -0.4 is 5.84 Å². The van der Waals surface area contributed by atoms with Crippen LogP contribution in [-0.4, -0.2) is 20.0 Å². The van der Waals surface area contributed by atoms with Gasteiger partial charge in [-0.25, -0.2) is 0 Å². The molecular formula is C22H17N7S. The van der Waals surface area contributed by atoms with Gasteiger partial charge in [-0.05, 0) is 41.4 Å². The summed E-state index contributed by atoms with van der Waals surface area (Å²) >= 11 is 1.35. The molecule has 0 saturated carbocycles. The van der Waals surface area contributed by atoms with Gasteiger partial charge in [0.25, 0.3) is 0 Å². The van der Waals surface area contributed by atoms with Gasteiger partial charge in [-0.2, -0.15) is 0 Å². The van der Waals surface area contributed by atoms with Crippen molar-refractivity contribution in [2.45, 2.75) is 6.54 Å². The Morgan fingerprint density at radius 1 is 1.00 bits per heavy atom. The number of nitrogens with zero attached hydrogens (tertiary/aromatic N) is 5. The van der Waals surface area contributed by atoms with Gasteiger partial charge >= 0.3 is 0 Å². The molecule has 2 heterocycles. The van der Waals surface area contributed by atoms with Gasteiger partial charge < -0.3 is 10.4 Å². The standard InChI is InChI=1S/C22H17N7S/c23-22(26-27-24)16-9-10-21-18(11-16)17-3-1-2-4-20(17)29(21)12-14-5-7-15(8-6-14)19-13-30-28-25-19/h1-11,13H,12H2,(H3,23,24,26). The van der Waals surface area contributed by atoms with Crippen molar-refractivity contribution >= 4 is 39.2 Å². The van der Waals surface area contributed by atoms with Crippen LogP contribution in [0.3, 0.4) is 0 Å². The van der Waals surface area contributed by atoms with E-state index in [1.165, 1.54) is 17.1 Å². The number of hydrogen-bond acceptors (Lipinski definition) is 5. The molecule has 0 spiro atoms. The monoisotopic (exact) mass is 411 g/mol. The molecule has 0 atom stereocenters. The summed E-state index contributed by atoms with van der Waals surface area (Å²) in [7, 11) is 0. The Morgan fingerprint density at radius 2 is 1.80 bits per heavy atom. The summed E-state index contributed by atoms with van der Waals surface area (Å²) < 4.78 is 6.23. The van der Waals surface area contributed by atoms with E-state index in [1.54, 1.807) is 0 Å². The second kappa shape index (κ2) is 7.49. The van der Waals surface area contributed by atoms with Crippen molar-refractivity contribution in [3.63, 3.8) is 0 Å². The molecule has 0 amide bonds. The van der Waals surface area contributed by atoms with E-state index in [1.807, 2.05) is 35.7 Å². The molecular weight excluding hydrogens is 394 g/mol. The Labute approximate surface area is 176 Å². The molecule has 0 aliphatic rings. The number of benzene rings is 3. The third kappa shape index (κ3) is 3.13. The zero-order chi connectivity index (χ0) is 20.5. The van der Waals surface area contributed by atoms with Crippen LogP contribution in [0.1, 0.15) is 11.1 Å². The van der Waals surface area contributed by atoms with Crippen molar-refractivity contribution in [2.24, 2.45) is 16.2 Å². The lowest BCUT2D eigenvalue weighted by Crippen LogP contribution is -2.00. The van der Waals surface area contributed by atoms with Gasteiger partial charge in [-0.3, -0.25) is 5.41 Å². The number of aromatic nitrogens is 3. The van der Waals surface area contributed by atoms with E-state index in [4.69, 9.17) is 11.3 Å². The molecule has 5 aromatic rings. The van der Waals surface area contributed by atoms with Gasteiger partial charge in [0.2, 0.25) is 0 Å². The first-order valence-corrected chi connectivity index (χ1v) is 10.2. The van der Waals surface area contributed by atoms with E-state index in [2.05, 4.69) is 60.9 Å². The van der Waals surface area contributed by atoms with Crippen molar-refractivity contribution < 1.29 is 0 Å². The number of amidine groups is 1. The number of rotatable bonds is 4. The summed E-state index contributed by atoms with van der Waals surface area (Å²) in [6.07, 6.45) is 0. The number of nitrogens with two attached hydrogens (primary N) is 1. The smallest absolute Gasteiger partial charge is 0.176 e. The van der Waals surface area contributed by atoms with Crippen LogP contribution >= 0.6 is 11.5 Å². The van der Waals surface area contributed by atoms with Gasteiger partial charge in [0, 0.05) is 44.9 Å². The van der Waals surface area contributed by atoms with Crippen LogP contribution in [0.25, 0.3) is 33.1 Å². The van der Waals surface area contributed by atoms with E-state index >= 15 is 0 Å². The molecule has 3 N–H and O–H groups in total. The second-order valence-corrected chi connectivity index (χ2v) is 7.50. The fraction of sp³-hybridized carbons (Fsp3) is 0.0455. The molecule has 0 unspecified atom stereocenters. The Hall–Kier alpha value is -3.91. The zero-order valence-corrected chi connectivity index (χ0v) is 16.7. The molecule has 3 aromatic carbocycles. The number of fused-ring (bicyclic) bond motifs is 3. The Balaban J connectivity index is 1.58. The predicted octanol–water partition coefficient (Wildman–Crippen LogP) is 5.01. The largest absolute Gasteiger partial charge is 0.336 e. The molecule has 8 heteroatoms. The highest BCUT2D eigenvalue weighted by atomic mass is 32.1. The summed E-state index contributed by atoms with van der Waals surface area (Å²) in [4.78, 5) is 0. The van der Waals surface area contributed by atoms with E-state index in [0.29, 0.717) is 5.56 Å². The maximum absolute atomic E-state index is 8.02. The molecule has 30 heavy (non-hydrogen) atoms. The third-order valence-corrected chi connectivity index (χ3v) is 5.66. The Kier molecular flexibility index (Phi) is 4.53. The summed E-state index contributed by atoms with van der Waals surface area (Å²) in [6, 6.07) is 22.6. The molecule has 0 saturated heterocycles. The fourth-order valence-corrected chi connectivity index (χ4v) is 4.21. The highest BCUT2D eigenvalue weighted by Gasteiger charge is 2.13. The highest BCUT2D eigenvalue weighted by molar-refractivity contribution is 7.03. The average Bonchev–Trinajstić information content (AvgIpc) is 3.42. The molecule has 0 fully saturated rings. The minimum atomic E-state index is 0.0448. The first kappa shape index (κ1) is 18.1. The van der Waals surface area contributed by atoms with Crippen molar-refractivity contribution in [3.8, 4) is 11.3 Å². The minimum Gasteiger partial charge on any atom is -0.336 e. The van der Waals surface area contributed by atoms with E-state index < -0.39 is 0 Å². The molecule has 0 radical (unpaired) electrons. The molecule has 0 aliphatic heterocycles. The zero-order valence-electron chi connectivity index (χ0n) is 15.9. The predicted molar refractivity (Wildman–Crippen MR) is 120 cm³/mol. The maximum Gasteiger partial charge on any atom is 0.176 e. The van der Waals surface area contributed by atoms with Crippen molar-refractivity contribution in [1.29, 1.82) is 5.41 Å². The van der Waals surface area contributed by atoms with Crippen LogP contribution in [0, 0.1) is 5.41 Å². The number of nitrogens with one attached hydrogen (secondary N) is 1. The van der Waals surface area contributed by atoms with Gasteiger partial charge in [-0.1, -0.05) is 52.2 Å². The highest BCUT2D eigenvalue weighted by Crippen LogP contribution is 2.31. The van der Waals surface area contributed by atoms with Crippen molar-refractivity contribution in [3.05, 3.63) is 83.2 Å². The number of para-hydroxylation sites is 1.